The average Bonchev–Trinajstić information content (AvgIpc) is 2.87. The van der Waals surface area contributed by atoms with Crippen LogP contribution in [0.15, 0.2) is 35.5 Å². The van der Waals surface area contributed by atoms with Gasteiger partial charge in [-0.2, -0.15) is 0 Å². The fourth-order valence-corrected chi connectivity index (χ4v) is 5.31. The summed E-state index contributed by atoms with van der Waals surface area (Å²) in [6, 6.07) is 0. The van der Waals surface area contributed by atoms with Gasteiger partial charge in [-0.1, -0.05) is 31.2 Å². The van der Waals surface area contributed by atoms with Crippen LogP contribution in [0.2, 0.25) is 0 Å². The third kappa shape index (κ3) is 3.16. The van der Waals surface area contributed by atoms with Gasteiger partial charge in [0.15, 0.2) is 0 Å². The largest absolute Gasteiger partial charge is 0.393 e. The van der Waals surface area contributed by atoms with Gasteiger partial charge in [-0.05, 0) is 66.9 Å². The zero-order valence-electron chi connectivity index (χ0n) is 14.7. The number of aliphatic hydroxyl groups excluding tert-OH is 2. The summed E-state index contributed by atoms with van der Waals surface area (Å²) in [5.41, 5.74) is 3.46. The molecule has 2 N–H and O–H groups in total. The molecule has 3 saturated carbocycles. The minimum Gasteiger partial charge on any atom is -0.393 e. The molecule has 0 spiro atoms. The predicted octanol–water partition coefficient (Wildman–Crippen LogP) is 3.72. The lowest BCUT2D eigenvalue weighted by molar-refractivity contribution is -0.109. The Morgan fingerprint density at radius 3 is 2.83 bits per heavy atom. The van der Waals surface area contributed by atoms with Gasteiger partial charge in [0.1, 0.15) is 6.29 Å². The van der Waals surface area contributed by atoms with Crippen LogP contribution in [0.1, 0.15) is 58.3 Å². The Morgan fingerprint density at radius 1 is 1.29 bits per heavy atom. The van der Waals surface area contributed by atoms with E-state index >= 15 is 0 Å². The van der Waals surface area contributed by atoms with Crippen LogP contribution in [-0.4, -0.2) is 28.7 Å². The molecule has 0 aromatic carbocycles. The summed E-state index contributed by atoms with van der Waals surface area (Å²) in [5, 5.41) is 19.9. The highest BCUT2D eigenvalue weighted by molar-refractivity contribution is 5.50. The summed E-state index contributed by atoms with van der Waals surface area (Å²) < 4.78 is 0. The van der Waals surface area contributed by atoms with E-state index in [4.69, 9.17) is 0 Å². The minimum absolute atomic E-state index is 0.256. The molecule has 0 saturated heterocycles. The summed E-state index contributed by atoms with van der Waals surface area (Å²) in [4.78, 5) is 11.0. The van der Waals surface area contributed by atoms with Crippen LogP contribution < -0.4 is 0 Å². The first-order valence-electron chi connectivity index (χ1n) is 9.34. The smallest absolute Gasteiger partial charge is 0.120 e. The van der Waals surface area contributed by atoms with Gasteiger partial charge in [-0.15, -0.1) is 0 Å². The molecule has 0 bridgehead atoms. The van der Waals surface area contributed by atoms with Crippen molar-refractivity contribution in [2.75, 3.05) is 0 Å². The lowest BCUT2D eigenvalue weighted by Crippen LogP contribution is -2.33. The van der Waals surface area contributed by atoms with E-state index < -0.39 is 12.2 Å². The highest BCUT2D eigenvalue weighted by Gasteiger charge is 2.48. The molecule has 3 fully saturated rings. The SMILES string of the molecule is C=C1/C(=C\C=C2/CCC[C@]3(C)C(CC=O)CC[C@@H]23)C[C@@H](O)C[C@@H]1O. The van der Waals surface area contributed by atoms with E-state index in [9.17, 15) is 15.0 Å². The summed E-state index contributed by atoms with van der Waals surface area (Å²) in [7, 11) is 0. The molecule has 0 aromatic rings. The Labute approximate surface area is 145 Å². The van der Waals surface area contributed by atoms with E-state index in [1.807, 2.05) is 0 Å². The summed E-state index contributed by atoms with van der Waals surface area (Å²) >= 11 is 0. The molecule has 24 heavy (non-hydrogen) atoms. The molecule has 1 unspecified atom stereocenters. The van der Waals surface area contributed by atoms with Crippen LogP contribution in [-0.2, 0) is 4.79 Å². The van der Waals surface area contributed by atoms with Gasteiger partial charge in [0.2, 0.25) is 0 Å². The van der Waals surface area contributed by atoms with Gasteiger partial charge >= 0.3 is 0 Å². The number of hydrogen-bond acceptors (Lipinski definition) is 3. The number of aliphatic hydroxyl groups is 2. The van der Waals surface area contributed by atoms with Crippen molar-refractivity contribution >= 4 is 6.29 Å². The number of hydrogen-bond donors (Lipinski definition) is 2. The van der Waals surface area contributed by atoms with Gasteiger partial charge in [0.25, 0.3) is 0 Å². The average molecular weight is 330 g/mol. The second kappa shape index (κ2) is 6.97. The fourth-order valence-electron chi connectivity index (χ4n) is 5.31. The zero-order chi connectivity index (χ0) is 17.3. The number of rotatable bonds is 3. The Morgan fingerprint density at radius 2 is 2.08 bits per heavy atom. The summed E-state index contributed by atoms with van der Waals surface area (Å²) in [6.07, 6.45) is 11.8. The fraction of sp³-hybridized carbons (Fsp3) is 0.667. The van der Waals surface area contributed by atoms with Crippen LogP contribution in [0.25, 0.3) is 0 Å². The van der Waals surface area contributed by atoms with Crippen molar-refractivity contribution < 1.29 is 15.0 Å². The first-order chi connectivity index (χ1) is 11.5. The number of aldehydes is 1. The number of carbonyl (C=O) groups excluding carboxylic acids is 1. The van der Waals surface area contributed by atoms with Crippen LogP contribution in [0.3, 0.4) is 0 Å². The van der Waals surface area contributed by atoms with Crippen LogP contribution in [0, 0.1) is 17.3 Å². The molecule has 0 aliphatic heterocycles. The van der Waals surface area contributed by atoms with Crippen LogP contribution >= 0.6 is 0 Å². The molecular weight excluding hydrogens is 300 g/mol. The first-order valence-corrected chi connectivity index (χ1v) is 9.34. The quantitative estimate of drug-likeness (QED) is 0.776. The topological polar surface area (TPSA) is 57.5 Å². The lowest BCUT2D eigenvalue weighted by atomic mass is 9.63. The Hall–Kier alpha value is -1.19. The third-order valence-corrected chi connectivity index (χ3v) is 6.81. The molecule has 0 heterocycles. The summed E-state index contributed by atoms with van der Waals surface area (Å²) in [6.45, 7) is 6.36. The van der Waals surface area contributed by atoms with Crippen LogP contribution in [0.4, 0.5) is 0 Å². The molecule has 0 aromatic heterocycles. The minimum atomic E-state index is -0.626. The second-order valence-corrected chi connectivity index (χ2v) is 8.16. The maximum absolute atomic E-state index is 11.0. The summed E-state index contributed by atoms with van der Waals surface area (Å²) in [5.74, 6) is 1.09. The second-order valence-electron chi connectivity index (χ2n) is 8.16. The van der Waals surface area contributed by atoms with Crippen molar-refractivity contribution in [1.29, 1.82) is 0 Å². The zero-order valence-corrected chi connectivity index (χ0v) is 14.7. The molecule has 3 nitrogen and oxygen atoms in total. The van der Waals surface area contributed by atoms with E-state index in [0.717, 1.165) is 30.3 Å². The van der Waals surface area contributed by atoms with E-state index in [1.165, 1.54) is 24.8 Å². The molecule has 3 heteroatoms. The van der Waals surface area contributed by atoms with Crippen LogP contribution in [0.5, 0.6) is 0 Å². The molecule has 3 rings (SSSR count). The molecule has 5 atom stereocenters. The maximum Gasteiger partial charge on any atom is 0.120 e. The number of allylic oxidation sites excluding steroid dienone is 3. The van der Waals surface area contributed by atoms with Crippen molar-refractivity contribution in [1.82, 2.24) is 0 Å². The predicted molar refractivity (Wildman–Crippen MR) is 95.4 cm³/mol. The molecule has 0 radical (unpaired) electrons. The highest BCUT2D eigenvalue weighted by atomic mass is 16.3. The van der Waals surface area contributed by atoms with Crippen molar-refractivity contribution in [3.05, 3.63) is 35.5 Å². The Bertz CT molecular complexity index is 574. The third-order valence-electron chi connectivity index (χ3n) is 6.81. The maximum atomic E-state index is 11.0. The van der Waals surface area contributed by atoms with E-state index in [-0.39, 0.29) is 5.41 Å². The Balaban J connectivity index is 1.81. The van der Waals surface area contributed by atoms with Gasteiger partial charge in [0.05, 0.1) is 12.2 Å². The monoisotopic (exact) mass is 330 g/mol. The number of carbonyl (C=O) groups is 1. The molecular formula is C21H30O3. The molecule has 3 aliphatic carbocycles. The van der Waals surface area contributed by atoms with Gasteiger partial charge in [-0.25, -0.2) is 0 Å². The van der Waals surface area contributed by atoms with Gasteiger partial charge in [-0.3, -0.25) is 0 Å². The van der Waals surface area contributed by atoms with Gasteiger partial charge < -0.3 is 15.0 Å². The van der Waals surface area contributed by atoms with Crippen molar-refractivity contribution in [3.63, 3.8) is 0 Å². The van der Waals surface area contributed by atoms with Crippen molar-refractivity contribution in [2.45, 2.75) is 70.5 Å². The first kappa shape index (κ1) is 17.6. The van der Waals surface area contributed by atoms with Crippen molar-refractivity contribution in [3.8, 4) is 0 Å². The van der Waals surface area contributed by atoms with E-state index in [2.05, 4.69) is 25.7 Å². The molecule has 0 amide bonds. The van der Waals surface area contributed by atoms with Crippen molar-refractivity contribution in [2.24, 2.45) is 17.3 Å². The van der Waals surface area contributed by atoms with E-state index in [0.29, 0.717) is 31.1 Å². The normalized spacial score (nSPS) is 43.2. The number of fused-ring (bicyclic) bond motifs is 1. The van der Waals surface area contributed by atoms with Gasteiger partial charge in [0, 0.05) is 12.8 Å². The van der Waals surface area contributed by atoms with E-state index in [1.54, 1.807) is 0 Å². The standard InChI is InChI=1S/C21H30O3/c1-14-16(12-18(23)13-20(14)24)6-5-15-4-3-10-21(2)17(9-11-22)7-8-19(15)21/h5-6,11,17-20,23-24H,1,3-4,7-10,12-13H2,2H3/b15-5+,16-6-/t17?,18-,19+,20+,21-/m1/s1. The lowest BCUT2D eigenvalue weighted by Gasteiger charge is -2.42. The molecule has 132 valence electrons. The molecule has 3 aliphatic rings. The highest BCUT2D eigenvalue weighted by Crippen LogP contribution is 2.58. The Kier molecular flexibility index (Phi) is 5.12.